The number of fused-ring (bicyclic) bond motifs is 1. The molecule has 3 rings (SSSR count). The van der Waals surface area contributed by atoms with Crippen LogP contribution in [-0.2, 0) is 27.8 Å². The van der Waals surface area contributed by atoms with Gasteiger partial charge in [0.15, 0.2) is 11.5 Å². The topological polar surface area (TPSA) is 84.9 Å². The number of nitrogens with one attached hydrogen (secondary N) is 1. The van der Waals surface area contributed by atoms with E-state index < -0.39 is 16.1 Å². The Bertz CT molecular complexity index is 1000. The summed E-state index contributed by atoms with van der Waals surface area (Å²) in [6.45, 7) is 2.01. The van der Waals surface area contributed by atoms with E-state index in [4.69, 9.17) is 9.47 Å². The van der Waals surface area contributed by atoms with E-state index in [-0.39, 0.29) is 12.5 Å². The van der Waals surface area contributed by atoms with Crippen LogP contribution in [0.2, 0.25) is 0 Å². The van der Waals surface area contributed by atoms with E-state index in [1.54, 1.807) is 19.2 Å². The molecule has 0 bridgehead atoms. The average Bonchev–Trinajstić information content (AvgIpc) is 2.67. The van der Waals surface area contributed by atoms with Crippen LogP contribution in [0, 0.1) is 6.92 Å². The number of carbonyl (C=O) groups excluding carboxylic acids is 1. The van der Waals surface area contributed by atoms with E-state index in [2.05, 4.69) is 5.32 Å². The molecule has 1 unspecified atom stereocenters. The Kier molecular flexibility index (Phi) is 5.62. The number of carbonyl (C=O) groups is 1. The number of amides is 1. The molecule has 1 N–H and O–H groups in total. The van der Waals surface area contributed by atoms with Gasteiger partial charge in [0.2, 0.25) is 15.9 Å². The summed E-state index contributed by atoms with van der Waals surface area (Å²) in [5.41, 5.74) is 3.23. The van der Waals surface area contributed by atoms with Gasteiger partial charge in [0, 0.05) is 18.3 Å². The van der Waals surface area contributed by atoms with Crippen LogP contribution < -0.4 is 14.8 Å². The summed E-state index contributed by atoms with van der Waals surface area (Å²) in [5, 5.41) is 2.86. The molecule has 0 saturated carbocycles. The van der Waals surface area contributed by atoms with Crippen molar-refractivity contribution in [2.45, 2.75) is 25.9 Å². The number of hydrogen-bond acceptors (Lipinski definition) is 5. The minimum atomic E-state index is -3.56. The molecule has 2 aromatic carbocycles. The Hall–Kier alpha value is -2.58. The zero-order chi connectivity index (χ0) is 20.5. The van der Waals surface area contributed by atoms with Crippen molar-refractivity contribution in [3.63, 3.8) is 0 Å². The summed E-state index contributed by atoms with van der Waals surface area (Å²) in [6.07, 6.45) is 1.45. The monoisotopic (exact) mass is 404 g/mol. The lowest BCUT2D eigenvalue weighted by Gasteiger charge is -2.34. The number of nitrogens with zero attached hydrogens (tertiary/aromatic N) is 1. The first-order valence-corrected chi connectivity index (χ1v) is 10.7. The van der Waals surface area contributed by atoms with Gasteiger partial charge >= 0.3 is 0 Å². The highest BCUT2D eigenvalue weighted by molar-refractivity contribution is 7.88. The second kappa shape index (κ2) is 7.81. The molecule has 1 aliphatic heterocycles. The van der Waals surface area contributed by atoms with Gasteiger partial charge in [-0.15, -0.1) is 0 Å². The molecule has 0 aromatic heterocycles. The molecule has 0 aliphatic carbocycles. The molecule has 0 spiro atoms. The van der Waals surface area contributed by atoms with E-state index in [1.165, 1.54) is 11.4 Å². The summed E-state index contributed by atoms with van der Waals surface area (Å²) >= 11 is 0. The summed E-state index contributed by atoms with van der Waals surface area (Å²) in [4.78, 5) is 13.1. The molecular weight excluding hydrogens is 380 g/mol. The molecule has 8 heteroatoms. The van der Waals surface area contributed by atoms with Crippen LogP contribution in [0.4, 0.5) is 5.69 Å². The van der Waals surface area contributed by atoms with Crippen LogP contribution in [0.1, 0.15) is 16.7 Å². The fraction of sp³-hybridized carbons (Fsp3) is 0.350. The number of aryl methyl sites for hydroxylation is 1. The number of anilines is 1. The standard InChI is InChI=1S/C20H24N2O5S/c1-13-9-18(26-2)19(27-3)11-16(13)21-20(23)17-10-14-7-5-6-8-15(14)12-22(17)28(4,24)25/h5-9,11,17H,10,12H2,1-4H3,(H,21,23). The van der Waals surface area contributed by atoms with Crippen LogP contribution in [0.3, 0.4) is 0 Å². The maximum absolute atomic E-state index is 13.1. The van der Waals surface area contributed by atoms with E-state index in [1.807, 2.05) is 31.2 Å². The van der Waals surface area contributed by atoms with Crippen LogP contribution in [0.25, 0.3) is 0 Å². The number of methoxy groups -OCH3 is 2. The minimum absolute atomic E-state index is 0.179. The number of sulfonamides is 1. The lowest BCUT2D eigenvalue weighted by molar-refractivity contribution is -0.120. The molecule has 0 radical (unpaired) electrons. The van der Waals surface area contributed by atoms with Gasteiger partial charge in [-0.1, -0.05) is 24.3 Å². The molecule has 0 saturated heterocycles. The molecule has 0 fully saturated rings. The van der Waals surface area contributed by atoms with E-state index in [0.717, 1.165) is 22.9 Å². The smallest absolute Gasteiger partial charge is 0.243 e. The number of benzene rings is 2. The zero-order valence-electron chi connectivity index (χ0n) is 16.4. The van der Waals surface area contributed by atoms with Gasteiger partial charge < -0.3 is 14.8 Å². The van der Waals surface area contributed by atoms with Gasteiger partial charge in [-0.2, -0.15) is 4.31 Å². The Morgan fingerprint density at radius 3 is 2.32 bits per heavy atom. The SMILES string of the molecule is COc1cc(C)c(NC(=O)C2Cc3ccccc3CN2S(C)(=O)=O)cc1OC. The molecule has 1 aliphatic rings. The van der Waals surface area contributed by atoms with Crippen molar-refractivity contribution in [1.29, 1.82) is 0 Å². The average molecular weight is 404 g/mol. The van der Waals surface area contributed by atoms with Gasteiger partial charge in [-0.25, -0.2) is 8.42 Å². The van der Waals surface area contributed by atoms with Crippen molar-refractivity contribution < 1.29 is 22.7 Å². The number of hydrogen-bond donors (Lipinski definition) is 1. The first-order valence-electron chi connectivity index (χ1n) is 8.81. The van der Waals surface area contributed by atoms with Crippen molar-refractivity contribution in [1.82, 2.24) is 4.31 Å². The second-order valence-corrected chi connectivity index (χ2v) is 8.74. The molecule has 1 atom stereocenters. The third-order valence-electron chi connectivity index (χ3n) is 4.92. The van der Waals surface area contributed by atoms with Gasteiger partial charge in [0.05, 0.1) is 20.5 Å². The Labute approximate surface area is 165 Å². The van der Waals surface area contributed by atoms with Crippen molar-refractivity contribution in [3.8, 4) is 11.5 Å². The molecule has 1 heterocycles. The van der Waals surface area contributed by atoms with Crippen LogP contribution in [-0.4, -0.2) is 45.1 Å². The number of ether oxygens (including phenoxy) is 2. The zero-order valence-corrected chi connectivity index (χ0v) is 17.2. The van der Waals surface area contributed by atoms with E-state index in [0.29, 0.717) is 23.6 Å². The highest BCUT2D eigenvalue weighted by atomic mass is 32.2. The molecule has 7 nitrogen and oxygen atoms in total. The normalized spacial score (nSPS) is 16.9. The first kappa shape index (κ1) is 20.2. The Morgan fingerprint density at radius 2 is 1.71 bits per heavy atom. The largest absolute Gasteiger partial charge is 0.493 e. The molecule has 150 valence electrons. The highest BCUT2D eigenvalue weighted by Gasteiger charge is 2.37. The third-order valence-corrected chi connectivity index (χ3v) is 6.16. The van der Waals surface area contributed by atoms with Gasteiger partial charge in [0.1, 0.15) is 6.04 Å². The van der Waals surface area contributed by atoms with Crippen molar-refractivity contribution in [2.75, 3.05) is 25.8 Å². The molecule has 2 aromatic rings. The van der Waals surface area contributed by atoms with Crippen LogP contribution >= 0.6 is 0 Å². The minimum Gasteiger partial charge on any atom is -0.493 e. The Balaban J connectivity index is 1.92. The van der Waals surface area contributed by atoms with E-state index >= 15 is 0 Å². The fourth-order valence-corrected chi connectivity index (χ4v) is 4.41. The third kappa shape index (κ3) is 3.98. The molecule has 28 heavy (non-hydrogen) atoms. The predicted molar refractivity (Wildman–Crippen MR) is 107 cm³/mol. The highest BCUT2D eigenvalue weighted by Crippen LogP contribution is 2.33. The Morgan fingerprint density at radius 1 is 1.11 bits per heavy atom. The van der Waals surface area contributed by atoms with Gasteiger partial charge in [-0.3, -0.25) is 4.79 Å². The fourth-order valence-electron chi connectivity index (χ4n) is 3.40. The maximum Gasteiger partial charge on any atom is 0.243 e. The van der Waals surface area contributed by atoms with E-state index in [9.17, 15) is 13.2 Å². The summed E-state index contributed by atoms with van der Waals surface area (Å²) in [7, 11) is -0.504. The summed E-state index contributed by atoms with van der Waals surface area (Å²) in [5.74, 6) is 0.662. The quantitative estimate of drug-likeness (QED) is 0.827. The van der Waals surface area contributed by atoms with Gasteiger partial charge in [0.25, 0.3) is 0 Å². The van der Waals surface area contributed by atoms with Crippen LogP contribution in [0.5, 0.6) is 11.5 Å². The lowest BCUT2D eigenvalue weighted by Crippen LogP contribution is -2.50. The van der Waals surface area contributed by atoms with Crippen molar-refractivity contribution in [2.24, 2.45) is 0 Å². The maximum atomic E-state index is 13.1. The molecule has 1 amide bonds. The van der Waals surface area contributed by atoms with Crippen LogP contribution in [0.15, 0.2) is 36.4 Å². The van der Waals surface area contributed by atoms with Crippen molar-refractivity contribution >= 4 is 21.6 Å². The summed E-state index contributed by atoms with van der Waals surface area (Å²) < 4.78 is 36.5. The van der Waals surface area contributed by atoms with Gasteiger partial charge in [-0.05, 0) is 36.1 Å². The number of rotatable bonds is 5. The molecular formula is C20H24N2O5S. The second-order valence-electron chi connectivity index (χ2n) is 6.81. The summed E-state index contributed by atoms with van der Waals surface area (Å²) in [6, 6.07) is 10.2. The lowest BCUT2D eigenvalue weighted by atomic mass is 9.95. The first-order chi connectivity index (χ1) is 13.2. The predicted octanol–water partition coefficient (Wildman–Crippen LogP) is 2.34. The van der Waals surface area contributed by atoms with Crippen molar-refractivity contribution in [3.05, 3.63) is 53.1 Å².